The summed E-state index contributed by atoms with van der Waals surface area (Å²) in [5, 5.41) is 4.14. The number of rotatable bonds is 3. The number of benzene rings is 2. The molecule has 128 valence electrons. The SMILES string of the molecule is C[N-]c1c(C)cccc1C=Nc1ccccc1C(F)(F)F.[Cl][Ti][Cl]. The van der Waals surface area contributed by atoms with Gasteiger partial charge in [0.25, 0.3) is 0 Å². The van der Waals surface area contributed by atoms with E-state index in [1.165, 1.54) is 24.4 Å². The van der Waals surface area contributed by atoms with Crippen molar-refractivity contribution in [3.63, 3.8) is 0 Å². The Hall–Kier alpha value is -1.01. The van der Waals surface area contributed by atoms with Crippen molar-refractivity contribution in [2.75, 3.05) is 7.05 Å². The molecule has 0 N–H and O–H groups in total. The number of hydrogen-bond donors (Lipinski definition) is 0. The van der Waals surface area contributed by atoms with Gasteiger partial charge in [-0.2, -0.15) is 13.2 Å². The Morgan fingerprint density at radius 3 is 2.29 bits per heavy atom. The predicted molar refractivity (Wildman–Crippen MR) is 90.5 cm³/mol. The van der Waals surface area contributed by atoms with Gasteiger partial charge in [-0.15, -0.1) is 12.7 Å². The molecule has 0 unspecified atom stereocenters. The zero-order valence-corrected chi connectivity index (χ0v) is 16.0. The maximum atomic E-state index is 12.9. The number of nitrogens with zero attached hydrogens (tertiary/aromatic N) is 2. The van der Waals surface area contributed by atoms with E-state index < -0.39 is 28.8 Å². The van der Waals surface area contributed by atoms with Crippen LogP contribution in [-0.2, 0) is 23.2 Å². The molecule has 0 aliphatic rings. The summed E-state index contributed by atoms with van der Waals surface area (Å²) >= 11 is -0.556. The molecule has 2 nitrogen and oxygen atoms in total. The first-order valence-corrected chi connectivity index (χ1v) is 11.0. The van der Waals surface area contributed by atoms with Crippen LogP contribution in [0.15, 0.2) is 47.5 Å². The number of aliphatic imine (C=N–C) groups is 1. The van der Waals surface area contributed by atoms with Crippen LogP contribution in [0.3, 0.4) is 0 Å². The zero-order valence-electron chi connectivity index (χ0n) is 12.9. The maximum absolute atomic E-state index is 12.9. The van der Waals surface area contributed by atoms with Crippen LogP contribution in [-0.4, -0.2) is 13.3 Å². The minimum absolute atomic E-state index is 0.103. The normalized spacial score (nSPS) is 11.0. The number of para-hydroxylation sites is 2. The van der Waals surface area contributed by atoms with E-state index in [-0.39, 0.29) is 5.69 Å². The summed E-state index contributed by atoms with van der Waals surface area (Å²) in [6, 6.07) is 10.7. The number of alkyl halides is 3. The molecule has 0 aliphatic carbocycles. The summed E-state index contributed by atoms with van der Waals surface area (Å²) in [5.74, 6) is 0. The molecule has 2 aromatic carbocycles. The Balaban J connectivity index is 0.000000891. The van der Waals surface area contributed by atoms with Crippen molar-refractivity contribution >= 4 is 36.2 Å². The molecule has 0 saturated carbocycles. The Bertz CT molecular complexity index is 691. The van der Waals surface area contributed by atoms with Gasteiger partial charge in [-0.25, -0.2) is 0 Å². The van der Waals surface area contributed by atoms with Gasteiger partial charge in [0.1, 0.15) is 0 Å². The minimum atomic E-state index is -4.42. The standard InChI is InChI=1S/C16H14F3N2.2ClH.Ti/c1-11-6-5-7-12(15(11)20-2)10-21-14-9-4-3-8-13(14)16(17,18)19;;;/h3-10H,1-2H3;2*1H;/q-1;;;+2/p-2. The van der Waals surface area contributed by atoms with Crippen LogP contribution in [0.2, 0.25) is 0 Å². The van der Waals surface area contributed by atoms with Crippen molar-refractivity contribution in [3.8, 4) is 0 Å². The van der Waals surface area contributed by atoms with E-state index in [1.54, 1.807) is 13.1 Å². The average Bonchev–Trinajstić information content (AvgIpc) is 2.53. The van der Waals surface area contributed by atoms with Crippen molar-refractivity contribution in [2.24, 2.45) is 4.99 Å². The van der Waals surface area contributed by atoms with E-state index in [9.17, 15) is 13.2 Å². The zero-order chi connectivity index (χ0) is 18.2. The first-order valence-electron chi connectivity index (χ1n) is 6.71. The Morgan fingerprint density at radius 1 is 1.08 bits per heavy atom. The number of hydrogen-bond acceptors (Lipinski definition) is 1. The van der Waals surface area contributed by atoms with E-state index in [0.29, 0.717) is 5.56 Å². The molecular formula is C16H14Cl2F3N2Ti-. The molecule has 2 aromatic rings. The molecule has 0 heterocycles. The van der Waals surface area contributed by atoms with Crippen LogP contribution in [0.25, 0.3) is 5.32 Å². The van der Waals surface area contributed by atoms with E-state index in [1.807, 2.05) is 19.1 Å². The third-order valence-electron chi connectivity index (χ3n) is 3.04. The summed E-state index contributed by atoms with van der Waals surface area (Å²) in [6.45, 7) is 1.89. The first-order chi connectivity index (χ1) is 11.3. The predicted octanol–water partition coefficient (Wildman–Crippen LogP) is 6.78. The topological polar surface area (TPSA) is 26.5 Å². The fraction of sp³-hybridized carbons (Fsp3) is 0.188. The van der Waals surface area contributed by atoms with Gasteiger partial charge in [-0.3, -0.25) is 4.99 Å². The van der Waals surface area contributed by atoms with Crippen LogP contribution in [0.1, 0.15) is 16.7 Å². The number of halogens is 5. The molecular weight excluding hydrogens is 396 g/mol. The molecule has 0 aromatic heterocycles. The molecule has 0 spiro atoms. The van der Waals surface area contributed by atoms with Crippen LogP contribution < -0.4 is 0 Å². The summed E-state index contributed by atoms with van der Waals surface area (Å²) in [6.07, 6.45) is -3.00. The van der Waals surface area contributed by atoms with Crippen molar-refractivity contribution in [1.82, 2.24) is 0 Å². The van der Waals surface area contributed by atoms with Crippen LogP contribution in [0.5, 0.6) is 0 Å². The second kappa shape index (κ2) is 10.1. The molecule has 0 aliphatic heterocycles. The van der Waals surface area contributed by atoms with Crippen molar-refractivity contribution in [2.45, 2.75) is 13.1 Å². The quantitative estimate of drug-likeness (QED) is 0.394. The molecule has 0 fully saturated rings. The van der Waals surface area contributed by atoms with Crippen LogP contribution >= 0.6 is 18.6 Å². The van der Waals surface area contributed by atoms with Crippen molar-refractivity contribution < 1.29 is 30.2 Å². The Morgan fingerprint density at radius 2 is 1.71 bits per heavy atom. The van der Waals surface area contributed by atoms with Gasteiger partial charge >= 0.3 is 41.8 Å². The van der Waals surface area contributed by atoms with E-state index in [2.05, 4.69) is 10.3 Å². The molecule has 0 saturated heterocycles. The van der Waals surface area contributed by atoms with E-state index in [0.717, 1.165) is 17.3 Å². The summed E-state index contributed by atoms with van der Waals surface area (Å²) in [5.41, 5.74) is 1.52. The molecule has 0 radical (unpaired) electrons. The fourth-order valence-electron chi connectivity index (χ4n) is 2.06. The second-order valence-corrected chi connectivity index (χ2v) is 7.16. The van der Waals surface area contributed by atoms with E-state index in [4.69, 9.17) is 18.6 Å². The molecule has 0 bridgehead atoms. The molecule has 8 heteroatoms. The average molecular weight is 410 g/mol. The van der Waals surface area contributed by atoms with Crippen molar-refractivity contribution in [1.29, 1.82) is 0 Å². The third kappa shape index (κ3) is 6.13. The summed E-state index contributed by atoms with van der Waals surface area (Å²) in [7, 11) is 11.4. The first kappa shape index (κ1) is 21.0. The van der Waals surface area contributed by atoms with Gasteiger partial charge in [-0.05, 0) is 24.6 Å². The monoisotopic (exact) mass is 409 g/mol. The molecule has 0 atom stereocenters. The van der Waals surface area contributed by atoms with Crippen LogP contribution in [0, 0.1) is 6.92 Å². The Kier molecular flexibility index (Phi) is 8.85. The Labute approximate surface area is 155 Å². The summed E-state index contributed by atoms with van der Waals surface area (Å²) < 4.78 is 38.7. The van der Waals surface area contributed by atoms with E-state index >= 15 is 0 Å². The van der Waals surface area contributed by atoms with Gasteiger partial charge in [-0.1, -0.05) is 35.9 Å². The molecule has 2 rings (SSSR count). The fourth-order valence-corrected chi connectivity index (χ4v) is 2.06. The van der Waals surface area contributed by atoms with Gasteiger partial charge in [0.15, 0.2) is 0 Å². The van der Waals surface area contributed by atoms with Gasteiger partial charge in [0.2, 0.25) is 0 Å². The van der Waals surface area contributed by atoms with Gasteiger partial charge in [0.05, 0.1) is 11.3 Å². The summed E-state index contributed by atoms with van der Waals surface area (Å²) in [4.78, 5) is 3.99. The third-order valence-corrected chi connectivity index (χ3v) is 3.04. The molecule has 0 amide bonds. The van der Waals surface area contributed by atoms with Gasteiger partial charge in [0, 0.05) is 6.21 Å². The second-order valence-electron chi connectivity index (χ2n) is 4.58. The van der Waals surface area contributed by atoms with Crippen LogP contribution in [0.4, 0.5) is 24.5 Å². The number of aryl methyl sites for hydroxylation is 1. The van der Waals surface area contributed by atoms with Gasteiger partial charge < -0.3 is 5.32 Å². The molecule has 24 heavy (non-hydrogen) atoms. The van der Waals surface area contributed by atoms with Crippen molar-refractivity contribution in [3.05, 3.63) is 64.5 Å².